The lowest BCUT2D eigenvalue weighted by molar-refractivity contribution is 0.207. The van der Waals surface area contributed by atoms with Crippen molar-refractivity contribution in [3.63, 3.8) is 0 Å². The molecule has 2 fully saturated rings. The summed E-state index contributed by atoms with van der Waals surface area (Å²) in [5.41, 5.74) is 2.39. The van der Waals surface area contributed by atoms with Crippen LogP contribution in [0.2, 0.25) is 0 Å². The quantitative estimate of drug-likeness (QED) is 0.834. The second kappa shape index (κ2) is 5.18. The maximum Gasteiger partial charge on any atom is 0.00967 e. The van der Waals surface area contributed by atoms with E-state index in [0.29, 0.717) is 5.41 Å². The largest absolute Gasteiger partial charge is 0.312 e. The summed E-state index contributed by atoms with van der Waals surface area (Å²) in [5, 5.41) is 3.80. The smallest absolute Gasteiger partial charge is 0.00967 e. The Morgan fingerprint density at radius 1 is 1.10 bits per heavy atom. The molecule has 2 aliphatic rings. The first kappa shape index (κ1) is 14.1. The van der Waals surface area contributed by atoms with E-state index in [2.05, 4.69) is 56.4 Å². The molecule has 1 aromatic rings. The van der Waals surface area contributed by atoms with E-state index < -0.39 is 0 Å². The first-order valence-corrected chi connectivity index (χ1v) is 8.30. The van der Waals surface area contributed by atoms with Crippen molar-refractivity contribution in [2.45, 2.75) is 64.3 Å². The summed E-state index contributed by atoms with van der Waals surface area (Å²) >= 11 is 0. The Balaban J connectivity index is 1.70. The van der Waals surface area contributed by atoms with Crippen LogP contribution in [0, 0.1) is 11.3 Å². The molecule has 1 heteroatoms. The van der Waals surface area contributed by atoms with Crippen LogP contribution in [-0.4, -0.2) is 12.1 Å². The fraction of sp³-hybridized carbons (Fsp3) is 0.684. The number of hydrogen-bond acceptors (Lipinski definition) is 1. The Bertz CT molecular complexity index is 437. The molecule has 2 unspecified atom stereocenters. The van der Waals surface area contributed by atoms with Crippen LogP contribution in [0.15, 0.2) is 30.3 Å². The van der Waals surface area contributed by atoms with Crippen LogP contribution in [0.4, 0.5) is 0 Å². The van der Waals surface area contributed by atoms with Gasteiger partial charge in [-0.15, -0.1) is 0 Å². The standard InChI is InChI=1S/C19H29N/c1-18(2,3)20-14-19(11-7-8-12-19)17-13-16(17)15-9-5-4-6-10-15/h4-6,9-10,16-17,20H,7-8,11-14H2,1-3H3. The summed E-state index contributed by atoms with van der Waals surface area (Å²) in [5.74, 6) is 1.75. The zero-order valence-corrected chi connectivity index (χ0v) is 13.3. The maximum atomic E-state index is 3.80. The average molecular weight is 271 g/mol. The van der Waals surface area contributed by atoms with E-state index in [0.717, 1.165) is 11.8 Å². The second-order valence-corrected chi connectivity index (χ2v) is 8.03. The van der Waals surface area contributed by atoms with Gasteiger partial charge in [-0.05, 0) is 62.8 Å². The molecule has 0 amide bonds. The minimum absolute atomic E-state index is 0.243. The van der Waals surface area contributed by atoms with Gasteiger partial charge >= 0.3 is 0 Å². The third-order valence-corrected chi connectivity index (χ3v) is 5.37. The molecule has 1 aromatic carbocycles. The Kier molecular flexibility index (Phi) is 3.66. The number of hydrogen-bond donors (Lipinski definition) is 1. The highest BCUT2D eigenvalue weighted by molar-refractivity contribution is 5.27. The second-order valence-electron chi connectivity index (χ2n) is 8.03. The predicted molar refractivity (Wildman–Crippen MR) is 85.9 cm³/mol. The van der Waals surface area contributed by atoms with Gasteiger partial charge in [0.05, 0.1) is 0 Å². The normalized spacial score (nSPS) is 28.6. The van der Waals surface area contributed by atoms with E-state index in [1.807, 2.05) is 0 Å². The van der Waals surface area contributed by atoms with E-state index in [-0.39, 0.29) is 5.54 Å². The summed E-state index contributed by atoms with van der Waals surface area (Å²) in [6.07, 6.45) is 7.15. The van der Waals surface area contributed by atoms with Crippen LogP contribution in [0.3, 0.4) is 0 Å². The molecule has 0 saturated heterocycles. The predicted octanol–water partition coefficient (Wildman–Crippen LogP) is 4.74. The lowest BCUT2D eigenvalue weighted by Gasteiger charge is -2.34. The maximum absolute atomic E-state index is 3.80. The summed E-state index contributed by atoms with van der Waals surface area (Å²) < 4.78 is 0. The highest BCUT2D eigenvalue weighted by atomic mass is 15.0. The third-order valence-electron chi connectivity index (χ3n) is 5.37. The summed E-state index contributed by atoms with van der Waals surface area (Å²) in [6.45, 7) is 8.08. The molecule has 0 aromatic heterocycles. The van der Waals surface area contributed by atoms with E-state index in [9.17, 15) is 0 Å². The van der Waals surface area contributed by atoms with Gasteiger partial charge in [0, 0.05) is 12.1 Å². The van der Waals surface area contributed by atoms with Crippen LogP contribution < -0.4 is 5.32 Å². The average Bonchev–Trinajstić information content (AvgIpc) is 3.09. The summed E-state index contributed by atoms with van der Waals surface area (Å²) in [6, 6.07) is 11.2. The van der Waals surface area contributed by atoms with E-state index in [4.69, 9.17) is 0 Å². The lowest BCUT2D eigenvalue weighted by Crippen LogP contribution is -2.44. The Hall–Kier alpha value is -0.820. The monoisotopic (exact) mass is 271 g/mol. The Morgan fingerprint density at radius 3 is 2.35 bits per heavy atom. The van der Waals surface area contributed by atoms with Gasteiger partial charge in [0.15, 0.2) is 0 Å². The van der Waals surface area contributed by atoms with Gasteiger partial charge in [-0.1, -0.05) is 43.2 Å². The molecule has 0 aliphatic heterocycles. The molecular weight excluding hydrogens is 242 g/mol. The van der Waals surface area contributed by atoms with Crippen LogP contribution in [0.5, 0.6) is 0 Å². The van der Waals surface area contributed by atoms with Crippen molar-refractivity contribution in [3.05, 3.63) is 35.9 Å². The van der Waals surface area contributed by atoms with Gasteiger partial charge in [-0.2, -0.15) is 0 Å². The number of nitrogens with one attached hydrogen (secondary N) is 1. The van der Waals surface area contributed by atoms with Gasteiger partial charge in [-0.3, -0.25) is 0 Å². The fourth-order valence-electron chi connectivity index (χ4n) is 4.14. The summed E-state index contributed by atoms with van der Waals surface area (Å²) in [4.78, 5) is 0. The van der Waals surface area contributed by atoms with Gasteiger partial charge in [0.25, 0.3) is 0 Å². The van der Waals surface area contributed by atoms with Crippen molar-refractivity contribution < 1.29 is 0 Å². The molecule has 20 heavy (non-hydrogen) atoms. The molecule has 1 nitrogen and oxygen atoms in total. The molecular formula is C19H29N. The molecule has 2 aliphatic carbocycles. The van der Waals surface area contributed by atoms with E-state index in [1.54, 1.807) is 5.56 Å². The minimum atomic E-state index is 0.243. The Labute approximate surface area is 124 Å². The molecule has 0 spiro atoms. The molecule has 1 N–H and O–H groups in total. The van der Waals surface area contributed by atoms with Gasteiger partial charge in [-0.25, -0.2) is 0 Å². The SMILES string of the molecule is CC(C)(C)NCC1(C2CC2c2ccccc2)CCCC1. The van der Waals surface area contributed by atoms with Crippen LogP contribution in [-0.2, 0) is 0 Å². The summed E-state index contributed by atoms with van der Waals surface area (Å²) in [7, 11) is 0. The van der Waals surface area contributed by atoms with Crippen molar-refractivity contribution in [1.29, 1.82) is 0 Å². The van der Waals surface area contributed by atoms with E-state index >= 15 is 0 Å². The zero-order chi connectivity index (χ0) is 14.2. The fourth-order valence-corrected chi connectivity index (χ4v) is 4.14. The highest BCUT2D eigenvalue weighted by Gasteiger charge is 2.53. The molecule has 110 valence electrons. The number of benzene rings is 1. The minimum Gasteiger partial charge on any atom is -0.312 e. The van der Waals surface area contributed by atoms with Crippen LogP contribution in [0.1, 0.15) is 64.4 Å². The highest BCUT2D eigenvalue weighted by Crippen LogP contribution is 2.62. The van der Waals surface area contributed by atoms with Crippen molar-refractivity contribution in [2.75, 3.05) is 6.54 Å². The molecule has 0 bridgehead atoms. The van der Waals surface area contributed by atoms with Gasteiger partial charge in [0.1, 0.15) is 0 Å². The van der Waals surface area contributed by atoms with Crippen molar-refractivity contribution in [3.8, 4) is 0 Å². The van der Waals surface area contributed by atoms with Crippen molar-refractivity contribution >= 4 is 0 Å². The van der Waals surface area contributed by atoms with Gasteiger partial charge in [0.2, 0.25) is 0 Å². The molecule has 0 heterocycles. The first-order chi connectivity index (χ1) is 9.50. The molecule has 3 rings (SSSR count). The third kappa shape index (κ3) is 2.93. The van der Waals surface area contributed by atoms with Crippen LogP contribution in [0.25, 0.3) is 0 Å². The van der Waals surface area contributed by atoms with Crippen molar-refractivity contribution in [1.82, 2.24) is 5.32 Å². The molecule has 2 saturated carbocycles. The van der Waals surface area contributed by atoms with Gasteiger partial charge < -0.3 is 5.32 Å². The first-order valence-electron chi connectivity index (χ1n) is 8.30. The van der Waals surface area contributed by atoms with Crippen molar-refractivity contribution in [2.24, 2.45) is 11.3 Å². The molecule has 0 radical (unpaired) electrons. The topological polar surface area (TPSA) is 12.0 Å². The molecule has 2 atom stereocenters. The van der Waals surface area contributed by atoms with Crippen LogP contribution >= 0.6 is 0 Å². The Morgan fingerprint density at radius 2 is 1.75 bits per heavy atom. The zero-order valence-electron chi connectivity index (χ0n) is 13.3. The lowest BCUT2D eigenvalue weighted by atomic mass is 9.78. The van der Waals surface area contributed by atoms with E-state index in [1.165, 1.54) is 38.6 Å². The number of rotatable bonds is 4.